The molecular formula is C29H32FN3O2. The molecular weight excluding hydrogens is 441 g/mol. The number of rotatable bonds is 4. The van der Waals surface area contributed by atoms with Crippen LogP contribution < -0.4 is 0 Å². The van der Waals surface area contributed by atoms with Crippen LogP contribution in [0.1, 0.15) is 87.0 Å². The van der Waals surface area contributed by atoms with Gasteiger partial charge in [-0.1, -0.05) is 6.92 Å². The van der Waals surface area contributed by atoms with Gasteiger partial charge in [-0.2, -0.15) is 0 Å². The maximum atomic E-state index is 13.9. The SMILES string of the molecule is C[C@@H](c1nc2ccc(C(=O)OC(C)(C)C)cc2[nH]1)C1CCC(c2ccnc3ccc(F)cc23)CC1. The number of carbonyl (C=O) groups excluding carboxylic acids is 1. The van der Waals surface area contributed by atoms with Crippen LogP contribution >= 0.6 is 0 Å². The summed E-state index contributed by atoms with van der Waals surface area (Å²) >= 11 is 0. The minimum Gasteiger partial charge on any atom is -0.456 e. The molecule has 1 aliphatic rings. The van der Waals surface area contributed by atoms with E-state index in [0.29, 0.717) is 17.4 Å². The molecule has 2 aromatic heterocycles. The summed E-state index contributed by atoms with van der Waals surface area (Å²) in [5.41, 5.74) is 3.77. The fourth-order valence-electron chi connectivity index (χ4n) is 5.36. The van der Waals surface area contributed by atoms with Crippen molar-refractivity contribution in [3.8, 4) is 0 Å². The van der Waals surface area contributed by atoms with Gasteiger partial charge in [0.1, 0.15) is 17.2 Å². The molecule has 35 heavy (non-hydrogen) atoms. The lowest BCUT2D eigenvalue weighted by atomic mass is 9.73. The van der Waals surface area contributed by atoms with Crippen LogP contribution in [-0.4, -0.2) is 26.5 Å². The molecule has 182 valence electrons. The van der Waals surface area contributed by atoms with Crippen molar-refractivity contribution in [2.75, 3.05) is 0 Å². The number of esters is 1. The molecule has 0 unspecified atom stereocenters. The van der Waals surface area contributed by atoms with Crippen molar-refractivity contribution < 1.29 is 13.9 Å². The number of nitrogens with zero attached hydrogens (tertiary/aromatic N) is 2. The number of imidazole rings is 1. The van der Waals surface area contributed by atoms with Gasteiger partial charge in [-0.15, -0.1) is 0 Å². The van der Waals surface area contributed by atoms with E-state index in [9.17, 15) is 9.18 Å². The summed E-state index contributed by atoms with van der Waals surface area (Å²) < 4.78 is 19.4. The third-order valence-corrected chi connectivity index (χ3v) is 7.22. The number of nitrogens with one attached hydrogen (secondary N) is 1. The highest BCUT2D eigenvalue weighted by Gasteiger charge is 2.29. The Hall–Kier alpha value is -3.28. The van der Waals surface area contributed by atoms with E-state index in [0.717, 1.165) is 53.4 Å². The number of aromatic nitrogens is 3. The third-order valence-electron chi connectivity index (χ3n) is 7.22. The number of hydrogen-bond donors (Lipinski definition) is 1. The molecule has 0 radical (unpaired) electrons. The largest absolute Gasteiger partial charge is 0.456 e. The highest BCUT2D eigenvalue weighted by Crippen LogP contribution is 2.43. The lowest BCUT2D eigenvalue weighted by Gasteiger charge is -2.32. The second kappa shape index (κ2) is 9.06. The van der Waals surface area contributed by atoms with Gasteiger partial charge in [0.05, 0.1) is 22.1 Å². The van der Waals surface area contributed by atoms with Crippen molar-refractivity contribution in [1.29, 1.82) is 0 Å². The standard InChI is InChI=1S/C29H32FN3O2/c1-17(27-32-25-11-9-20(15-26(25)33-27)28(34)35-29(2,3)4)18-5-7-19(8-6-18)22-13-14-31-24-12-10-21(30)16-23(22)24/h9-19H,5-8H2,1-4H3,(H,32,33)/t17-,18?,19?/m1/s1. The molecule has 0 bridgehead atoms. The molecule has 0 aliphatic heterocycles. The van der Waals surface area contributed by atoms with Crippen molar-refractivity contribution in [2.45, 2.75) is 70.8 Å². The second-order valence-corrected chi connectivity index (χ2v) is 10.8. The van der Waals surface area contributed by atoms with Gasteiger partial charge in [0, 0.05) is 17.5 Å². The van der Waals surface area contributed by atoms with E-state index in [4.69, 9.17) is 9.72 Å². The van der Waals surface area contributed by atoms with Crippen LogP contribution in [0.5, 0.6) is 0 Å². The van der Waals surface area contributed by atoms with Crippen molar-refractivity contribution in [3.63, 3.8) is 0 Å². The Kier molecular flexibility index (Phi) is 6.07. The summed E-state index contributed by atoms with van der Waals surface area (Å²) in [5, 5.41) is 0.932. The molecule has 1 atom stereocenters. The van der Waals surface area contributed by atoms with Crippen LogP contribution in [0.25, 0.3) is 21.9 Å². The number of fused-ring (bicyclic) bond motifs is 2. The van der Waals surface area contributed by atoms with E-state index in [1.165, 1.54) is 11.6 Å². The fourth-order valence-corrected chi connectivity index (χ4v) is 5.36. The summed E-state index contributed by atoms with van der Waals surface area (Å²) in [6.45, 7) is 7.82. The number of ether oxygens (including phenoxy) is 1. The molecule has 0 spiro atoms. The smallest absolute Gasteiger partial charge is 0.338 e. The van der Waals surface area contributed by atoms with Crippen LogP contribution in [0.15, 0.2) is 48.7 Å². The second-order valence-electron chi connectivity index (χ2n) is 10.8. The Morgan fingerprint density at radius 3 is 2.54 bits per heavy atom. The number of carbonyl (C=O) groups is 1. The highest BCUT2D eigenvalue weighted by molar-refractivity contribution is 5.93. The lowest BCUT2D eigenvalue weighted by molar-refractivity contribution is 0.00696. The monoisotopic (exact) mass is 473 g/mol. The summed E-state index contributed by atoms with van der Waals surface area (Å²) in [6.07, 6.45) is 6.14. The zero-order valence-electron chi connectivity index (χ0n) is 20.8. The summed E-state index contributed by atoms with van der Waals surface area (Å²) in [5.74, 6) is 1.63. The van der Waals surface area contributed by atoms with Crippen molar-refractivity contribution in [1.82, 2.24) is 15.0 Å². The van der Waals surface area contributed by atoms with E-state index in [2.05, 4.69) is 23.0 Å². The molecule has 1 saturated carbocycles. The van der Waals surface area contributed by atoms with Crippen LogP contribution in [0.2, 0.25) is 0 Å². The molecule has 6 heteroatoms. The van der Waals surface area contributed by atoms with E-state index in [1.54, 1.807) is 18.2 Å². The quantitative estimate of drug-likeness (QED) is 0.316. The zero-order chi connectivity index (χ0) is 24.7. The number of aromatic amines is 1. The van der Waals surface area contributed by atoms with Crippen molar-refractivity contribution in [3.05, 3.63) is 71.4 Å². The maximum Gasteiger partial charge on any atom is 0.338 e. The average molecular weight is 474 g/mol. The number of pyridine rings is 1. The van der Waals surface area contributed by atoms with E-state index in [1.807, 2.05) is 39.1 Å². The number of halogens is 1. The third kappa shape index (κ3) is 4.93. The minimum absolute atomic E-state index is 0.214. The van der Waals surface area contributed by atoms with Gasteiger partial charge in [0.15, 0.2) is 0 Å². The van der Waals surface area contributed by atoms with E-state index < -0.39 is 5.60 Å². The van der Waals surface area contributed by atoms with E-state index in [-0.39, 0.29) is 17.7 Å². The van der Waals surface area contributed by atoms with Gasteiger partial charge >= 0.3 is 5.97 Å². The molecule has 4 aromatic rings. The predicted molar refractivity (Wildman–Crippen MR) is 136 cm³/mol. The van der Waals surface area contributed by atoms with Crippen LogP contribution in [-0.2, 0) is 4.74 Å². The Morgan fingerprint density at radius 2 is 1.80 bits per heavy atom. The van der Waals surface area contributed by atoms with Crippen LogP contribution in [0.4, 0.5) is 4.39 Å². The lowest BCUT2D eigenvalue weighted by Crippen LogP contribution is -2.23. The number of H-pyrrole nitrogens is 1. The van der Waals surface area contributed by atoms with Crippen LogP contribution in [0.3, 0.4) is 0 Å². The first-order valence-corrected chi connectivity index (χ1v) is 12.4. The molecule has 2 aromatic carbocycles. The Bertz CT molecular complexity index is 1380. The predicted octanol–water partition coefficient (Wildman–Crippen LogP) is 7.28. The number of hydrogen-bond acceptors (Lipinski definition) is 4. The molecule has 1 fully saturated rings. The molecule has 2 heterocycles. The zero-order valence-corrected chi connectivity index (χ0v) is 20.8. The Labute approximate surface area is 205 Å². The average Bonchev–Trinajstić information content (AvgIpc) is 3.26. The molecule has 5 rings (SSSR count). The van der Waals surface area contributed by atoms with Gasteiger partial charge in [-0.05, 0) is 106 Å². The normalized spacial score (nSPS) is 19.7. The van der Waals surface area contributed by atoms with Crippen molar-refractivity contribution in [2.24, 2.45) is 5.92 Å². The first kappa shape index (κ1) is 23.5. The Balaban J connectivity index is 1.29. The van der Waals surface area contributed by atoms with Gasteiger partial charge in [0.2, 0.25) is 0 Å². The highest BCUT2D eigenvalue weighted by atomic mass is 19.1. The Morgan fingerprint density at radius 1 is 1.06 bits per heavy atom. The van der Waals surface area contributed by atoms with Gasteiger partial charge in [0.25, 0.3) is 0 Å². The number of benzene rings is 2. The summed E-state index contributed by atoms with van der Waals surface area (Å²) in [7, 11) is 0. The summed E-state index contributed by atoms with van der Waals surface area (Å²) in [4.78, 5) is 25.2. The molecule has 5 nitrogen and oxygen atoms in total. The first-order valence-electron chi connectivity index (χ1n) is 12.4. The minimum atomic E-state index is -0.532. The molecule has 1 N–H and O–H groups in total. The fraction of sp³-hybridized carbons (Fsp3) is 0.414. The first-order chi connectivity index (χ1) is 16.7. The van der Waals surface area contributed by atoms with Gasteiger partial charge < -0.3 is 9.72 Å². The maximum absolute atomic E-state index is 13.9. The van der Waals surface area contributed by atoms with Gasteiger partial charge in [-0.3, -0.25) is 4.98 Å². The topological polar surface area (TPSA) is 67.9 Å². The van der Waals surface area contributed by atoms with E-state index >= 15 is 0 Å². The molecule has 0 saturated heterocycles. The molecule has 0 amide bonds. The summed E-state index contributed by atoms with van der Waals surface area (Å²) in [6, 6.07) is 12.4. The van der Waals surface area contributed by atoms with Crippen LogP contribution in [0, 0.1) is 11.7 Å². The van der Waals surface area contributed by atoms with Crippen molar-refractivity contribution >= 4 is 27.9 Å². The molecule has 1 aliphatic carbocycles. The van der Waals surface area contributed by atoms with Gasteiger partial charge in [-0.25, -0.2) is 14.2 Å².